The van der Waals surface area contributed by atoms with E-state index in [0.29, 0.717) is 11.4 Å². The zero-order valence-corrected chi connectivity index (χ0v) is 13.6. The summed E-state index contributed by atoms with van der Waals surface area (Å²) in [7, 11) is 0. The summed E-state index contributed by atoms with van der Waals surface area (Å²) >= 11 is 0. The first-order valence-corrected chi connectivity index (χ1v) is 7.56. The number of halogens is 4. The summed E-state index contributed by atoms with van der Waals surface area (Å²) in [5, 5.41) is 5.82. The molecule has 0 bridgehead atoms. The highest BCUT2D eigenvalue weighted by molar-refractivity contribution is 5.80. The van der Waals surface area contributed by atoms with Gasteiger partial charge >= 0.3 is 6.36 Å². The molecule has 27 heavy (non-hydrogen) atoms. The zero-order valence-electron chi connectivity index (χ0n) is 13.6. The minimum absolute atomic E-state index is 0.178. The minimum atomic E-state index is -4.76. The van der Waals surface area contributed by atoms with Gasteiger partial charge in [0.2, 0.25) is 0 Å². The molecule has 0 saturated heterocycles. The summed E-state index contributed by atoms with van der Waals surface area (Å²) in [6.45, 7) is 0. The number of hydrogen-bond donors (Lipinski definition) is 3. The topological polar surface area (TPSA) is 85.1 Å². The van der Waals surface area contributed by atoms with Gasteiger partial charge in [-0.05, 0) is 48.5 Å². The van der Waals surface area contributed by atoms with Gasteiger partial charge in [0.15, 0.2) is 11.6 Å². The second-order valence-corrected chi connectivity index (χ2v) is 5.31. The van der Waals surface area contributed by atoms with E-state index in [-0.39, 0.29) is 28.9 Å². The number of hydrogen-bond acceptors (Lipinski definition) is 6. The van der Waals surface area contributed by atoms with E-state index >= 15 is 0 Å². The lowest BCUT2D eigenvalue weighted by atomic mass is 10.3. The van der Waals surface area contributed by atoms with Gasteiger partial charge in [-0.15, -0.1) is 13.2 Å². The first-order chi connectivity index (χ1) is 12.8. The van der Waals surface area contributed by atoms with Crippen LogP contribution >= 0.6 is 0 Å². The fraction of sp³-hybridized carbons (Fsp3) is 0.0588. The Hall–Kier alpha value is -3.56. The van der Waals surface area contributed by atoms with Crippen LogP contribution in [0.15, 0.2) is 54.9 Å². The van der Waals surface area contributed by atoms with Crippen LogP contribution in [0.3, 0.4) is 0 Å². The number of rotatable bonds is 5. The minimum Gasteiger partial charge on any atom is -0.406 e. The summed E-state index contributed by atoms with van der Waals surface area (Å²) in [6.07, 6.45) is -3.50. The van der Waals surface area contributed by atoms with Crippen LogP contribution in [0.25, 0.3) is 0 Å². The van der Waals surface area contributed by atoms with E-state index in [4.69, 9.17) is 5.73 Å². The molecule has 6 nitrogen and oxygen atoms in total. The first kappa shape index (κ1) is 18.2. The number of nitrogens with two attached hydrogens (primary N) is 1. The second-order valence-electron chi connectivity index (χ2n) is 5.31. The maximum atomic E-state index is 13.0. The lowest BCUT2D eigenvalue weighted by Gasteiger charge is -2.13. The monoisotopic (exact) mass is 379 g/mol. The van der Waals surface area contributed by atoms with Crippen molar-refractivity contribution in [3.63, 3.8) is 0 Å². The van der Waals surface area contributed by atoms with Gasteiger partial charge in [0.1, 0.15) is 23.6 Å². The summed E-state index contributed by atoms with van der Waals surface area (Å²) in [5.41, 5.74) is 7.22. The molecule has 0 fully saturated rings. The van der Waals surface area contributed by atoms with Crippen LogP contribution in [0, 0.1) is 5.82 Å². The van der Waals surface area contributed by atoms with Crippen molar-refractivity contribution in [2.75, 3.05) is 16.4 Å². The third kappa shape index (κ3) is 4.97. The lowest BCUT2D eigenvalue weighted by molar-refractivity contribution is -0.274. The van der Waals surface area contributed by atoms with Crippen LogP contribution in [0.5, 0.6) is 5.75 Å². The number of benzene rings is 2. The Morgan fingerprint density at radius 3 is 1.78 bits per heavy atom. The van der Waals surface area contributed by atoms with E-state index in [1.54, 1.807) is 0 Å². The van der Waals surface area contributed by atoms with Crippen molar-refractivity contribution < 1.29 is 22.3 Å². The number of ether oxygens (including phenoxy) is 1. The van der Waals surface area contributed by atoms with E-state index in [9.17, 15) is 17.6 Å². The van der Waals surface area contributed by atoms with E-state index in [0.717, 1.165) is 12.1 Å². The van der Waals surface area contributed by atoms with Crippen molar-refractivity contribution in [2.24, 2.45) is 0 Å². The summed E-state index contributed by atoms with van der Waals surface area (Å²) < 4.78 is 53.3. The average Bonchev–Trinajstić information content (AvgIpc) is 2.61. The Morgan fingerprint density at radius 1 is 0.815 bits per heavy atom. The molecule has 0 aliphatic heterocycles. The molecule has 3 rings (SSSR count). The maximum absolute atomic E-state index is 13.0. The molecule has 0 unspecified atom stereocenters. The molecule has 1 aromatic heterocycles. The molecule has 0 saturated carbocycles. The molecule has 3 aromatic rings. The van der Waals surface area contributed by atoms with Crippen molar-refractivity contribution in [1.82, 2.24) is 9.97 Å². The molecule has 0 amide bonds. The Labute approximate surface area is 151 Å². The average molecular weight is 379 g/mol. The van der Waals surface area contributed by atoms with E-state index in [1.807, 2.05) is 0 Å². The number of nitrogens with one attached hydrogen (secondary N) is 2. The fourth-order valence-corrected chi connectivity index (χ4v) is 2.14. The quantitative estimate of drug-likeness (QED) is 0.563. The molecule has 0 aliphatic carbocycles. The predicted molar refractivity (Wildman–Crippen MR) is 92.5 cm³/mol. The smallest absolute Gasteiger partial charge is 0.406 e. The highest BCUT2D eigenvalue weighted by Crippen LogP contribution is 2.29. The van der Waals surface area contributed by atoms with Gasteiger partial charge in [0, 0.05) is 11.4 Å². The second kappa shape index (κ2) is 7.36. The Bertz CT molecular complexity index is 914. The van der Waals surface area contributed by atoms with Crippen LogP contribution in [0.1, 0.15) is 0 Å². The molecule has 4 N–H and O–H groups in total. The molecular weight excluding hydrogens is 366 g/mol. The first-order valence-electron chi connectivity index (χ1n) is 7.56. The van der Waals surface area contributed by atoms with Gasteiger partial charge < -0.3 is 21.1 Å². The molecule has 140 valence electrons. The van der Waals surface area contributed by atoms with Gasteiger partial charge in [-0.1, -0.05) is 0 Å². The predicted octanol–water partition coefficient (Wildman–Crippen LogP) is 4.58. The Kier molecular flexibility index (Phi) is 4.97. The molecule has 0 aliphatic rings. The number of alkyl halides is 3. The fourth-order valence-electron chi connectivity index (χ4n) is 2.14. The van der Waals surface area contributed by atoms with Gasteiger partial charge in [-0.3, -0.25) is 0 Å². The molecule has 0 atom stereocenters. The van der Waals surface area contributed by atoms with E-state index in [1.165, 1.54) is 42.7 Å². The highest BCUT2D eigenvalue weighted by Gasteiger charge is 2.30. The molecule has 2 aromatic carbocycles. The third-order valence-electron chi connectivity index (χ3n) is 3.34. The van der Waals surface area contributed by atoms with Crippen molar-refractivity contribution in [2.45, 2.75) is 6.36 Å². The number of anilines is 5. The SMILES string of the molecule is Nc1c(Nc2ccc(F)cc2)ncnc1Nc1ccc(OC(F)(F)F)cc1. The van der Waals surface area contributed by atoms with Crippen LogP contribution in [-0.4, -0.2) is 16.3 Å². The van der Waals surface area contributed by atoms with Crippen LogP contribution in [0.4, 0.5) is 46.3 Å². The largest absolute Gasteiger partial charge is 0.573 e. The molecule has 10 heteroatoms. The standard InChI is InChI=1S/C17H13F4N5O/c18-10-1-3-11(4-2-10)25-15-14(22)16(24-9-23-15)26-12-5-7-13(8-6-12)27-17(19,20)21/h1-9H,22H2,(H2,23,24,25,26). The normalized spacial score (nSPS) is 11.1. The zero-order chi connectivity index (χ0) is 19.4. The van der Waals surface area contributed by atoms with Gasteiger partial charge in [-0.25, -0.2) is 14.4 Å². The molecule has 0 spiro atoms. The third-order valence-corrected chi connectivity index (χ3v) is 3.34. The van der Waals surface area contributed by atoms with E-state index < -0.39 is 6.36 Å². The van der Waals surface area contributed by atoms with Crippen molar-refractivity contribution in [3.05, 3.63) is 60.7 Å². The van der Waals surface area contributed by atoms with Gasteiger partial charge in [-0.2, -0.15) is 0 Å². The highest BCUT2D eigenvalue weighted by atomic mass is 19.4. The van der Waals surface area contributed by atoms with Gasteiger partial charge in [0.25, 0.3) is 0 Å². The van der Waals surface area contributed by atoms with Crippen LogP contribution in [-0.2, 0) is 0 Å². The lowest BCUT2D eigenvalue weighted by Crippen LogP contribution is -2.17. The molecule has 1 heterocycles. The van der Waals surface area contributed by atoms with E-state index in [2.05, 4.69) is 25.3 Å². The van der Waals surface area contributed by atoms with Crippen molar-refractivity contribution in [1.29, 1.82) is 0 Å². The van der Waals surface area contributed by atoms with Gasteiger partial charge in [0.05, 0.1) is 0 Å². The molecular formula is C17H13F4N5O. The Morgan fingerprint density at radius 2 is 1.30 bits per heavy atom. The van der Waals surface area contributed by atoms with Crippen molar-refractivity contribution >= 4 is 28.7 Å². The number of aromatic nitrogens is 2. The summed E-state index contributed by atoms with van der Waals surface area (Å²) in [4.78, 5) is 8.04. The molecule has 0 radical (unpaired) electrons. The maximum Gasteiger partial charge on any atom is 0.573 e. The number of nitrogens with zero attached hydrogens (tertiary/aromatic N) is 2. The van der Waals surface area contributed by atoms with Crippen molar-refractivity contribution in [3.8, 4) is 5.75 Å². The van der Waals surface area contributed by atoms with Crippen LogP contribution in [0.2, 0.25) is 0 Å². The Balaban J connectivity index is 1.74. The van der Waals surface area contributed by atoms with Crippen LogP contribution < -0.4 is 21.1 Å². The summed E-state index contributed by atoms with van der Waals surface area (Å²) in [5.74, 6) is -0.186. The summed E-state index contributed by atoms with van der Waals surface area (Å²) in [6, 6.07) is 10.7. The number of nitrogen functional groups attached to an aromatic ring is 1.